The molecule has 0 fully saturated rings. The topological polar surface area (TPSA) is 53.2 Å². The van der Waals surface area contributed by atoms with Gasteiger partial charge in [-0.25, -0.2) is 0 Å². The van der Waals surface area contributed by atoms with Crippen LogP contribution in [0.15, 0.2) is 30.3 Å². The van der Waals surface area contributed by atoms with Gasteiger partial charge < -0.3 is 16.0 Å². The molecule has 94 valence electrons. The van der Waals surface area contributed by atoms with Crippen LogP contribution >= 0.6 is 0 Å². The summed E-state index contributed by atoms with van der Waals surface area (Å²) in [6, 6.07) is 9.85. The molecular weight excluding hydrogens is 214 g/mol. The van der Waals surface area contributed by atoms with E-state index < -0.39 is 0 Å². The maximum atomic E-state index is 11.9. The normalized spacial score (nSPS) is 12.1. The van der Waals surface area contributed by atoms with Crippen LogP contribution in [0.3, 0.4) is 0 Å². The van der Waals surface area contributed by atoms with Crippen molar-refractivity contribution >= 4 is 5.91 Å². The zero-order chi connectivity index (χ0) is 12.5. The molecule has 1 amide bonds. The van der Waals surface area contributed by atoms with Crippen molar-refractivity contribution in [3.63, 3.8) is 0 Å². The smallest absolute Gasteiger partial charge is 0.237 e. The summed E-state index contributed by atoms with van der Waals surface area (Å²) in [5.74, 6) is 0.0478. The van der Waals surface area contributed by atoms with Crippen LogP contribution in [0.2, 0.25) is 0 Å². The first-order valence-electron chi connectivity index (χ1n) is 5.91. The zero-order valence-electron chi connectivity index (χ0n) is 10.5. The van der Waals surface area contributed by atoms with Crippen molar-refractivity contribution < 1.29 is 4.79 Å². The van der Waals surface area contributed by atoms with Crippen molar-refractivity contribution in [1.29, 1.82) is 0 Å². The molecule has 0 unspecified atom stereocenters. The Morgan fingerprint density at radius 3 is 2.47 bits per heavy atom. The highest BCUT2D eigenvalue weighted by Crippen LogP contribution is 2.02. The Morgan fingerprint density at radius 2 is 1.88 bits per heavy atom. The fourth-order valence-electron chi connectivity index (χ4n) is 1.61. The van der Waals surface area contributed by atoms with Crippen LogP contribution in [0.1, 0.15) is 5.56 Å². The average molecular weight is 235 g/mol. The molecule has 4 heteroatoms. The predicted octanol–water partition coefficient (Wildman–Crippen LogP) is 0.153. The number of carbonyl (C=O) groups is 1. The van der Waals surface area contributed by atoms with Gasteiger partial charge in [0, 0.05) is 13.1 Å². The second-order valence-electron chi connectivity index (χ2n) is 3.93. The van der Waals surface area contributed by atoms with Gasteiger partial charge in [0.2, 0.25) is 5.91 Å². The highest BCUT2D eigenvalue weighted by atomic mass is 16.2. The molecule has 0 spiro atoms. The van der Waals surface area contributed by atoms with Crippen molar-refractivity contribution in [2.75, 3.05) is 27.2 Å². The lowest BCUT2D eigenvalue weighted by molar-refractivity contribution is -0.122. The number of carbonyl (C=O) groups excluding carboxylic acids is 1. The Balaban J connectivity index is 2.45. The van der Waals surface area contributed by atoms with E-state index in [-0.39, 0.29) is 11.9 Å². The molecule has 0 aromatic heterocycles. The minimum absolute atomic E-state index is 0.0478. The molecule has 1 rings (SSSR count). The molecule has 4 nitrogen and oxygen atoms in total. The largest absolute Gasteiger partial charge is 0.353 e. The summed E-state index contributed by atoms with van der Waals surface area (Å²) in [6.45, 7) is 1.44. The number of amides is 1. The van der Waals surface area contributed by atoms with E-state index in [9.17, 15) is 4.79 Å². The third kappa shape index (κ3) is 4.97. The average Bonchev–Trinajstić information content (AvgIpc) is 2.37. The molecule has 0 saturated carbocycles. The molecule has 0 aliphatic carbocycles. The van der Waals surface area contributed by atoms with Crippen molar-refractivity contribution in [2.45, 2.75) is 12.5 Å². The standard InChI is InChI=1S/C13H21N3O/c1-14-8-9-16-13(17)12(15-2)10-11-6-4-3-5-7-11/h3-7,12,14-15H,8-10H2,1-2H3,(H,16,17)/t12-/m0/s1. The highest BCUT2D eigenvalue weighted by molar-refractivity contribution is 5.82. The van der Waals surface area contributed by atoms with Gasteiger partial charge in [0.25, 0.3) is 0 Å². The van der Waals surface area contributed by atoms with Gasteiger partial charge in [0.15, 0.2) is 0 Å². The van der Waals surface area contributed by atoms with Gasteiger partial charge in [-0.1, -0.05) is 30.3 Å². The van der Waals surface area contributed by atoms with Gasteiger partial charge in [0.05, 0.1) is 6.04 Å². The molecule has 0 radical (unpaired) electrons. The van der Waals surface area contributed by atoms with Gasteiger partial charge in [-0.15, -0.1) is 0 Å². The van der Waals surface area contributed by atoms with Crippen LogP contribution in [0.4, 0.5) is 0 Å². The SMILES string of the molecule is CNCCNC(=O)[C@H](Cc1ccccc1)NC. The van der Waals surface area contributed by atoms with Gasteiger partial charge in [-0.3, -0.25) is 4.79 Å². The Labute approximate surface area is 103 Å². The number of hydrogen-bond donors (Lipinski definition) is 3. The fraction of sp³-hybridized carbons (Fsp3) is 0.462. The lowest BCUT2D eigenvalue weighted by atomic mass is 10.1. The Hall–Kier alpha value is -1.39. The highest BCUT2D eigenvalue weighted by Gasteiger charge is 2.15. The monoisotopic (exact) mass is 235 g/mol. The fourth-order valence-corrected chi connectivity index (χ4v) is 1.61. The quantitative estimate of drug-likeness (QED) is 0.590. The number of benzene rings is 1. The minimum atomic E-state index is -0.172. The molecule has 1 atom stereocenters. The Bertz CT molecular complexity index is 327. The van der Waals surface area contributed by atoms with E-state index in [4.69, 9.17) is 0 Å². The molecular formula is C13H21N3O. The molecule has 0 aliphatic rings. The molecule has 3 N–H and O–H groups in total. The summed E-state index contributed by atoms with van der Waals surface area (Å²) in [7, 11) is 3.68. The molecule has 0 saturated heterocycles. The van der Waals surface area contributed by atoms with Crippen LogP contribution in [-0.4, -0.2) is 39.1 Å². The molecule has 0 heterocycles. The molecule has 1 aromatic carbocycles. The van der Waals surface area contributed by atoms with E-state index >= 15 is 0 Å². The summed E-state index contributed by atoms with van der Waals surface area (Å²) in [4.78, 5) is 11.9. The number of hydrogen-bond acceptors (Lipinski definition) is 3. The molecule has 1 aromatic rings. The van der Waals surface area contributed by atoms with E-state index in [1.54, 1.807) is 0 Å². The lowest BCUT2D eigenvalue weighted by Gasteiger charge is -2.16. The number of likely N-dealkylation sites (N-methyl/N-ethyl adjacent to an activating group) is 2. The van der Waals surface area contributed by atoms with Crippen molar-refractivity contribution in [3.05, 3.63) is 35.9 Å². The van der Waals surface area contributed by atoms with Crippen LogP contribution in [0.5, 0.6) is 0 Å². The van der Waals surface area contributed by atoms with Crippen LogP contribution in [-0.2, 0) is 11.2 Å². The first-order chi connectivity index (χ1) is 8.27. The van der Waals surface area contributed by atoms with Crippen molar-refractivity contribution in [3.8, 4) is 0 Å². The molecule has 17 heavy (non-hydrogen) atoms. The first-order valence-corrected chi connectivity index (χ1v) is 5.91. The van der Waals surface area contributed by atoms with Crippen LogP contribution < -0.4 is 16.0 Å². The van der Waals surface area contributed by atoms with Crippen molar-refractivity contribution in [1.82, 2.24) is 16.0 Å². The van der Waals surface area contributed by atoms with E-state index in [2.05, 4.69) is 16.0 Å². The van der Waals surface area contributed by atoms with Crippen LogP contribution in [0, 0.1) is 0 Å². The lowest BCUT2D eigenvalue weighted by Crippen LogP contribution is -2.45. The molecule has 0 aliphatic heterocycles. The van der Waals surface area contributed by atoms with Gasteiger partial charge in [-0.05, 0) is 26.1 Å². The summed E-state index contributed by atoms with van der Waals surface area (Å²) in [5.41, 5.74) is 1.16. The third-order valence-corrected chi connectivity index (χ3v) is 2.62. The van der Waals surface area contributed by atoms with Crippen LogP contribution in [0.25, 0.3) is 0 Å². The van der Waals surface area contributed by atoms with Gasteiger partial charge >= 0.3 is 0 Å². The summed E-state index contributed by atoms with van der Waals surface area (Å²) in [5, 5.41) is 8.93. The zero-order valence-corrected chi connectivity index (χ0v) is 10.5. The van der Waals surface area contributed by atoms with Crippen molar-refractivity contribution in [2.24, 2.45) is 0 Å². The summed E-state index contributed by atoms with van der Waals surface area (Å²) < 4.78 is 0. The summed E-state index contributed by atoms with van der Waals surface area (Å²) in [6.07, 6.45) is 0.711. The molecule has 0 bridgehead atoms. The summed E-state index contributed by atoms with van der Waals surface area (Å²) >= 11 is 0. The second-order valence-corrected chi connectivity index (χ2v) is 3.93. The van der Waals surface area contributed by atoms with Gasteiger partial charge in [-0.2, -0.15) is 0 Å². The maximum Gasteiger partial charge on any atom is 0.237 e. The van der Waals surface area contributed by atoms with E-state index in [1.807, 2.05) is 44.4 Å². The number of nitrogens with one attached hydrogen (secondary N) is 3. The van der Waals surface area contributed by atoms with Gasteiger partial charge in [0.1, 0.15) is 0 Å². The Morgan fingerprint density at radius 1 is 1.18 bits per heavy atom. The van der Waals surface area contributed by atoms with E-state index in [1.165, 1.54) is 0 Å². The minimum Gasteiger partial charge on any atom is -0.353 e. The first kappa shape index (κ1) is 13.7. The number of rotatable bonds is 7. The van der Waals surface area contributed by atoms with E-state index in [0.29, 0.717) is 13.0 Å². The maximum absolute atomic E-state index is 11.9. The Kier molecular flexibility index (Phi) is 6.29. The predicted molar refractivity (Wildman–Crippen MR) is 69.9 cm³/mol. The second kappa shape index (κ2) is 7.81. The van der Waals surface area contributed by atoms with E-state index in [0.717, 1.165) is 12.1 Å². The third-order valence-electron chi connectivity index (χ3n) is 2.62.